The minimum Gasteiger partial charge on any atom is -0.756 e. The molecular weight excluding hydrogens is 990 g/mol. The Hall–Kier alpha value is -4.63. The lowest BCUT2D eigenvalue weighted by molar-refractivity contribution is -0.870. The summed E-state index contributed by atoms with van der Waals surface area (Å²) in [6.07, 6.45) is 87.3. The van der Waals surface area contributed by atoms with Crippen molar-refractivity contribution in [2.24, 2.45) is 0 Å². The number of esters is 2. The van der Waals surface area contributed by atoms with E-state index >= 15 is 0 Å². The molecule has 10 heteroatoms. The number of carbonyl (C=O) groups is 2. The summed E-state index contributed by atoms with van der Waals surface area (Å²) in [7, 11) is 1.10. The number of carbonyl (C=O) groups excluding carboxylic acids is 2. The lowest BCUT2D eigenvalue weighted by Crippen LogP contribution is -2.37. The van der Waals surface area contributed by atoms with Crippen LogP contribution in [0.2, 0.25) is 0 Å². The third-order valence-corrected chi connectivity index (χ3v) is 12.7. The van der Waals surface area contributed by atoms with Gasteiger partial charge in [-0.15, -0.1) is 0 Å². The van der Waals surface area contributed by atoms with Crippen LogP contribution in [0.1, 0.15) is 194 Å². The number of phosphoric ester groups is 1. The predicted octanol–water partition coefficient (Wildman–Crippen LogP) is 18.4. The summed E-state index contributed by atoms with van der Waals surface area (Å²) in [5.74, 6) is -0.948. The molecule has 0 spiro atoms. The van der Waals surface area contributed by atoms with Crippen LogP contribution >= 0.6 is 7.82 Å². The van der Waals surface area contributed by atoms with Gasteiger partial charge in [-0.2, -0.15) is 0 Å². The van der Waals surface area contributed by atoms with Gasteiger partial charge in [0, 0.05) is 12.8 Å². The van der Waals surface area contributed by atoms with E-state index in [4.69, 9.17) is 18.5 Å². The van der Waals surface area contributed by atoms with Gasteiger partial charge in [-0.3, -0.25) is 14.2 Å². The van der Waals surface area contributed by atoms with Crippen LogP contribution in [0.4, 0.5) is 0 Å². The fourth-order valence-corrected chi connectivity index (χ4v) is 7.95. The maximum absolute atomic E-state index is 12.8. The number of rotatable bonds is 52. The van der Waals surface area contributed by atoms with E-state index in [2.05, 4.69) is 172 Å². The summed E-state index contributed by atoms with van der Waals surface area (Å²) in [6.45, 7) is 3.88. The molecule has 0 rings (SSSR count). The summed E-state index contributed by atoms with van der Waals surface area (Å²) in [4.78, 5) is 37.7. The molecule has 0 saturated carbocycles. The van der Waals surface area contributed by atoms with Gasteiger partial charge in [-0.05, 0) is 116 Å². The molecule has 0 fully saturated rings. The number of ether oxygens (including phenoxy) is 2. The van der Waals surface area contributed by atoms with Gasteiger partial charge in [0.2, 0.25) is 0 Å². The molecular formula is C68H108NO8P. The van der Waals surface area contributed by atoms with Crippen LogP contribution in [0.15, 0.2) is 170 Å². The van der Waals surface area contributed by atoms with Crippen LogP contribution in [-0.4, -0.2) is 70.0 Å². The molecule has 0 aliphatic rings. The smallest absolute Gasteiger partial charge is 0.306 e. The first-order valence-corrected chi connectivity index (χ1v) is 31.3. The van der Waals surface area contributed by atoms with Crippen molar-refractivity contribution in [3.8, 4) is 0 Å². The number of nitrogens with zero attached hydrogens (tertiary/aromatic N) is 1. The van der Waals surface area contributed by atoms with E-state index in [9.17, 15) is 19.0 Å². The minimum atomic E-state index is -4.66. The van der Waals surface area contributed by atoms with Crippen molar-refractivity contribution in [3.63, 3.8) is 0 Å². The van der Waals surface area contributed by atoms with Crippen molar-refractivity contribution in [3.05, 3.63) is 170 Å². The maximum atomic E-state index is 12.8. The Balaban J connectivity index is 4.12. The molecule has 0 saturated heterocycles. The first-order chi connectivity index (χ1) is 38.0. The first kappa shape index (κ1) is 73.4. The average Bonchev–Trinajstić information content (AvgIpc) is 3.40. The van der Waals surface area contributed by atoms with Crippen molar-refractivity contribution in [1.29, 1.82) is 0 Å². The molecule has 78 heavy (non-hydrogen) atoms. The lowest BCUT2D eigenvalue weighted by Gasteiger charge is -2.28. The number of phosphoric acid groups is 1. The van der Waals surface area contributed by atoms with Crippen LogP contribution in [0, 0.1) is 0 Å². The molecule has 0 aromatic carbocycles. The van der Waals surface area contributed by atoms with E-state index in [1.165, 1.54) is 38.5 Å². The second-order valence-electron chi connectivity index (χ2n) is 20.2. The van der Waals surface area contributed by atoms with Crippen LogP contribution in [0.25, 0.3) is 0 Å². The van der Waals surface area contributed by atoms with Crippen molar-refractivity contribution < 1.29 is 42.1 Å². The highest BCUT2D eigenvalue weighted by Gasteiger charge is 2.21. The Morgan fingerprint density at radius 2 is 0.718 bits per heavy atom. The van der Waals surface area contributed by atoms with Crippen molar-refractivity contribution in [1.82, 2.24) is 0 Å². The van der Waals surface area contributed by atoms with Gasteiger partial charge in [0.15, 0.2) is 6.10 Å². The highest BCUT2D eigenvalue weighted by atomic mass is 31.2. The topological polar surface area (TPSA) is 111 Å². The van der Waals surface area contributed by atoms with Gasteiger partial charge in [0.05, 0.1) is 27.7 Å². The Labute approximate surface area is 477 Å². The SMILES string of the molecule is CC/C=C\C/C=C\C/C=C\C/C=C\C/C=C\C/C=C\C/C=C\C/C=C\C/C=C\C/C=C\CCCCCCCCCCCCC(=O)OC(COC(=O)CC/C=C\C/C=C\C/C=C\C/C=C\CC)COP(=O)([O-])OCC[N+](C)(C)C. The molecule has 2 atom stereocenters. The molecule has 0 aliphatic heterocycles. The molecule has 0 N–H and O–H groups in total. The minimum absolute atomic E-state index is 0.0508. The van der Waals surface area contributed by atoms with E-state index in [1.54, 1.807) is 0 Å². The zero-order chi connectivity index (χ0) is 57.0. The number of likely N-dealkylation sites (N-methyl/N-ethyl adjacent to an activating group) is 1. The van der Waals surface area contributed by atoms with E-state index < -0.39 is 32.5 Å². The summed E-state index contributed by atoms with van der Waals surface area (Å²) < 4.78 is 34.0. The lowest BCUT2D eigenvalue weighted by atomic mass is 10.0. The fourth-order valence-electron chi connectivity index (χ4n) is 7.23. The van der Waals surface area contributed by atoms with Crippen molar-refractivity contribution in [2.45, 2.75) is 200 Å². The van der Waals surface area contributed by atoms with E-state index in [1.807, 2.05) is 33.3 Å². The van der Waals surface area contributed by atoms with Gasteiger partial charge in [-0.25, -0.2) is 0 Å². The van der Waals surface area contributed by atoms with Gasteiger partial charge >= 0.3 is 11.9 Å². The summed E-state index contributed by atoms with van der Waals surface area (Å²) in [5, 5.41) is 0. The predicted molar refractivity (Wildman–Crippen MR) is 332 cm³/mol. The van der Waals surface area contributed by atoms with E-state index in [0.717, 1.165) is 116 Å². The zero-order valence-electron chi connectivity index (χ0n) is 49.5. The van der Waals surface area contributed by atoms with Gasteiger partial charge in [0.25, 0.3) is 7.82 Å². The van der Waals surface area contributed by atoms with Crippen LogP contribution < -0.4 is 4.89 Å². The van der Waals surface area contributed by atoms with E-state index in [0.29, 0.717) is 23.9 Å². The van der Waals surface area contributed by atoms with Crippen LogP contribution in [0.3, 0.4) is 0 Å². The second kappa shape index (κ2) is 57.1. The first-order valence-electron chi connectivity index (χ1n) is 29.8. The van der Waals surface area contributed by atoms with Gasteiger partial charge < -0.3 is 27.9 Å². The van der Waals surface area contributed by atoms with E-state index in [-0.39, 0.29) is 26.1 Å². The zero-order valence-corrected chi connectivity index (χ0v) is 50.4. The number of quaternary nitrogens is 1. The van der Waals surface area contributed by atoms with Crippen molar-refractivity contribution >= 4 is 19.8 Å². The van der Waals surface area contributed by atoms with Crippen LogP contribution in [0.5, 0.6) is 0 Å². The molecule has 0 aliphatic carbocycles. The second-order valence-corrected chi connectivity index (χ2v) is 21.7. The molecule has 0 bridgehead atoms. The monoisotopic (exact) mass is 1100 g/mol. The third kappa shape index (κ3) is 60.6. The summed E-state index contributed by atoms with van der Waals surface area (Å²) >= 11 is 0. The molecule has 0 radical (unpaired) electrons. The summed E-state index contributed by atoms with van der Waals surface area (Å²) in [5.41, 5.74) is 0. The highest BCUT2D eigenvalue weighted by molar-refractivity contribution is 7.45. The third-order valence-electron chi connectivity index (χ3n) is 11.7. The number of unbranched alkanes of at least 4 members (excludes halogenated alkanes) is 10. The molecule has 438 valence electrons. The fraction of sp³-hybridized carbons (Fsp3) is 0.559. The number of allylic oxidation sites excluding steroid dienone is 28. The van der Waals surface area contributed by atoms with Crippen LogP contribution in [-0.2, 0) is 32.7 Å². The van der Waals surface area contributed by atoms with Gasteiger partial charge in [-0.1, -0.05) is 235 Å². The number of hydrogen-bond donors (Lipinski definition) is 0. The quantitative estimate of drug-likeness (QED) is 0.0195. The maximum Gasteiger partial charge on any atom is 0.306 e. The highest BCUT2D eigenvalue weighted by Crippen LogP contribution is 2.38. The summed E-state index contributed by atoms with van der Waals surface area (Å²) in [6, 6.07) is 0. The Kier molecular flexibility index (Phi) is 53.7. The molecule has 0 amide bonds. The molecule has 2 unspecified atom stereocenters. The van der Waals surface area contributed by atoms with Crippen molar-refractivity contribution in [2.75, 3.05) is 47.5 Å². The molecule has 9 nitrogen and oxygen atoms in total. The molecule has 0 heterocycles. The average molecular weight is 1100 g/mol. The van der Waals surface area contributed by atoms with Gasteiger partial charge in [0.1, 0.15) is 19.8 Å². The Morgan fingerprint density at radius 1 is 0.397 bits per heavy atom. The normalized spacial score (nSPS) is 14.5. The standard InChI is InChI=1S/C68H108NO8P/c1-6-8-10-12-14-16-18-20-21-22-23-24-25-26-27-28-29-30-31-32-33-34-35-36-37-38-39-40-41-42-43-44-45-46-47-49-51-53-55-57-59-61-68(71)77-66(65-76-78(72,73)75-63-62-69(3,4)5)64-74-67(70)60-58-56-54-52-50-48-19-17-15-13-11-9-7-2/h8-11,14-17,20-21,23-24,26-27,29-30,32-33,35-36,38-39,41-42,48,50,54,56,66H,6-7,12-13,18-19,22,25,28,31,34,37,40,43-47,49,51-53,55,57-65H2,1-5H3/b10-8-,11-9-,16-14-,17-15-,21-20-,24-23-,27-26-,30-29-,33-32-,36-35-,39-38-,42-41-,50-48-,56-54-. The number of hydrogen-bond acceptors (Lipinski definition) is 8. The molecule has 0 aromatic heterocycles. The largest absolute Gasteiger partial charge is 0.756 e. The Morgan fingerprint density at radius 3 is 1.08 bits per heavy atom. The Bertz CT molecular complexity index is 1920. The molecule has 0 aromatic rings.